The Hall–Kier alpha value is -2.70. The number of unbranched alkanes of at least 4 members (excludes halogenated alkanes) is 1. The highest BCUT2D eigenvalue weighted by Crippen LogP contribution is 2.41. The van der Waals surface area contributed by atoms with E-state index in [0.717, 1.165) is 12.8 Å². The maximum Gasteiger partial charge on any atom is 0.405 e. The van der Waals surface area contributed by atoms with Crippen molar-refractivity contribution in [1.82, 2.24) is 9.88 Å². The van der Waals surface area contributed by atoms with Gasteiger partial charge in [0.25, 0.3) is 5.56 Å². The number of hydrogen-bond donors (Lipinski definition) is 3. The van der Waals surface area contributed by atoms with Crippen molar-refractivity contribution in [3.05, 3.63) is 34.2 Å². The minimum Gasteiger partial charge on any atom is -0.508 e. The number of aromatic nitrogens is 1. The van der Waals surface area contributed by atoms with Crippen LogP contribution in [0.15, 0.2) is 23.0 Å². The van der Waals surface area contributed by atoms with E-state index >= 15 is 0 Å². The number of nitrogens with zero attached hydrogens (tertiary/aromatic N) is 1. The minimum absolute atomic E-state index is 0.0188. The van der Waals surface area contributed by atoms with Gasteiger partial charge in [-0.25, -0.2) is 4.79 Å². The van der Waals surface area contributed by atoms with Crippen molar-refractivity contribution in [2.24, 2.45) is 10.8 Å². The van der Waals surface area contributed by atoms with Crippen LogP contribution in [0.2, 0.25) is 0 Å². The monoisotopic (exact) mass is 432 g/mol. The molecular weight excluding hydrogens is 396 g/mol. The fraction of sp³-hybridized carbons (Fsp3) is 0.583. The fourth-order valence-corrected chi connectivity index (χ4v) is 3.63. The number of rotatable bonds is 7. The Morgan fingerprint density at radius 3 is 2.32 bits per heavy atom. The number of nitrogens with one attached hydrogen (secondary N) is 1. The fourth-order valence-electron chi connectivity index (χ4n) is 3.63. The lowest BCUT2D eigenvalue weighted by Crippen LogP contribution is -2.41. The molecule has 1 aromatic carbocycles. The molecule has 1 unspecified atom stereocenters. The summed E-state index contributed by atoms with van der Waals surface area (Å²) in [5, 5.41) is 23.3. The summed E-state index contributed by atoms with van der Waals surface area (Å²) < 4.78 is 7.86. The van der Waals surface area contributed by atoms with Crippen LogP contribution in [0.25, 0.3) is 10.8 Å². The van der Waals surface area contributed by atoms with E-state index in [-0.39, 0.29) is 16.7 Å². The van der Waals surface area contributed by atoms with Crippen LogP contribution in [0.5, 0.6) is 11.5 Å². The van der Waals surface area contributed by atoms with Crippen molar-refractivity contribution >= 4 is 16.9 Å². The molecule has 2 aromatic rings. The molecule has 7 heteroatoms. The molecule has 1 aromatic heterocycles. The molecule has 0 saturated carbocycles. The molecular formula is C24H36N2O5. The van der Waals surface area contributed by atoms with Crippen LogP contribution in [0, 0.1) is 10.8 Å². The number of phenolic OH excluding ortho intramolecular Hbond substituents is 1. The average molecular weight is 433 g/mol. The van der Waals surface area contributed by atoms with Gasteiger partial charge in [-0.2, -0.15) is 0 Å². The van der Waals surface area contributed by atoms with Gasteiger partial charge in [0.05, 0.1) is 23.7 Å². The zero-order chi connectivity index (χ0) is 23.6. The number of hydrogen-bond acceptors (Lipinski definition) is 4. The zero-order valence-electron chi connectivity index (χ0n) is 19.7. The first-order valence-corrected chi connectivity index (χ1v) is 10.8. The van der Waals surface area contributed by atoms with Gasteiger partial charge in [0, 0.05) is 11.9 Å². The van der Waals surface area contributed by atoms with Gasteiger partial charge in [-0.3, -0.25) is 4.79 Å². The third kappa shape index (κ3) is 5.93. The second-order valence-electron chi connectivity index (χ2n) is 10.3. The van der Waals surface area contributed by atoms with Crippen molar-refractivity contribution in [1.29, 1.82) is 0 Å². The lowest BCUT2D eigenvalue weighted by molar-refractivity contribution is 0.169. The van der Waals surface area contributed by atoms with Gasteiger partial charge in [0.15, 0.2) is 0 Å². The van der Waals surface area contributed by atoms with Gasteiger partial charge in [-0.15, -0.1) is 0 Å². The lowest BCUT2D eigenvalue weighted by atomic mass is 9.83. The van der Waals surface area contributed by atoms with Gasteiger partial charge in [0.1, 0.15) is 11.5 Å². The third-order valence-corrected chi connectivity index (χ3v) is 5.03. The van der Waals surface area contributed by atoms with E-state index in [1.165, 1.54) is 12.1 Å². The molecule has 0 radical (unpaired) electrons. The van der Waals surface area contributed by atoms with Crippen molar-refractivity contribution in [3.63, 3.8) is 0 Å². The van der Waals surface area contributed by atoms with Crippen LogP contribution < -0.4 is 15.6 Å². The molecule has 0 aliphatic carbocycles. The molecule has 0 fully saturated rings. The molecule has 3 N–H and O–H groups in total. The Balaban J connectivity index is 3.00. The van der Waals surface area contributed by atoms with Gasteiger partial charge < -0.3 is 24.8 Å². The molecule has 0 bridgehead atoms. The molecule has 7 nitrogen and oxygen atoms in total. The van der Waals surface area contributed by atoms with Gasteiger partial charge in [-0.1, -0.05) is 54.9 Å². The predicted octanol–water partition coefficient (Wildman–Crippen LogP) is 5.29. The first-order valence-electron chi connectivity index (χ1n) is 10.8. The molecule has 31 heavy (non-hydrogen) atoms. The summed E-state index contributed by atoms with van der Waals surface area (Å²) in [6.45, 7) is 14.7. The highest BCUT2D eigenvalue weighted by atomic mass is 16.5. The molecule has 1 heterocycles. The quantitative estimate of drug-likeness (QED) is 0.516. The van der Waals surface area contributed by atoms with E-state index in [0.29, 0.717) is 35.4 Å². The van der Waals surface area contributed by atoms with E-state index in [1.54, 1.807) is 10.6 Å². The normalized spacial score (nSPS) is 13.3. The van der Waals surface area contributed by atoms with Crippen molar-refractivity contribution in [2.75, 3.05) is 6.61 Å². The van der Waals surface area contributed by atoms with E-state index in [1.807, 2.05) is 41.5 Å². The summed E-state index contributed by atoms with van der Waals surface area (Å²) in [5.74, 6) is 0.460. The number of benzene rings is 1. The van der Waals surface area contributed by atoms with E-state index < -0.39 is 17.6 Å². The number of carboxylic acid groups (broad SMARTS) is 1. The van der Waals surface area contributed by atoms with Crippen LogP contribution in [0.4, 0.5) is 4.79 Å². The summed E-state index contributed by atoms with van der Waals surface area (Å²) in [6, 6.07) is 3.89. The number of ether oxygens (including phenoxy) is 1. The van der Waals surface area contributed by atoms with Crippen LogP contribution in [0.3, 0.4) is 0 Å². The largest absolute Gasteiger partial charge is 0.508 e. The predicted molar refractivity (Wildman–Crippen MR) is 123 cm³/mol. The molecule has 1 amide bonds. The molecule has 2 rings (SSSR count). The van der Waals surface area contributed by atoms with E-state index in [2.05, 4.69) is 12.2 Å². The van der Waals surface area contributed by atoms with Crippen LogP contribution in [-0.2, 0) is 6.54 Å². The Labute approximate surface area is 184 Å². The highest BCUT2D eigenvalue weighted by Gasteiger charge is 2.35. The van der Waals surface area contributed by atoms with Crippen LogP contribution >= 0.6 is 0 Å². The Morgan fingerprint density at radius 2 is 1.81 bits per heavy atom. The number of fused-ring (bicyclic) bond motifs is 1. The molecule has 0 saturated heterocycles. The number of pyridine rings is 1. The third-order valence-electron chi connectivity index (χ3n) is 5.03. The van der Waals surface area contributed by atoms with Gasteiger partial charge in [-0.05, 0) is 35.4 Å². The maximum atomic E-state index is 13.6. The molecule has 1 atom stereocenters. The summed E-state index contributed by atoms with van der Waals surface area (Å²) in [5.41, 5.74) is -0.527. The Kier molecular flexibility index (Phi) is 7.29. The minimum atomic E-state index is -1.18. The number of phenols is 1. The lowest BCUT2D eigenvalue weighted by Gasteiger charge is -2.35. The van der Waals surface area contributed by atoms with E-state index in [4.69, 9.17) is 4.74 Å². The topological polar surface area (TPSA) is 101 Å². The summed E-state index contributed by atoms with van der Waals surface area (Å²) in [6.07, 6.45) is 0.561. The van der Waals surface area contributed by atoms with Crippen molar-refractivity contribution in [3.8, 4) is 11.5 Å². The first kappa shape index (κ1) is 24.6. The van der Waals surface area contributed by atoms with Crippen molar-refractivity contribution in [2.45, 2.75) is 73.9 Å². The summed E-state index contributed by atoms with van der Waals surface area (Å²) >= 11 is 0. The molecule has 0 spiro atoms. The van der Waals surface area contributed by atoms with E-state index in [9.17, 15) is 19.8 Å². The molecule has 0 aliphatic rings. The number of aromatic hydroxyl groups is 1. The zero-order valence-corrected chi connectivity index (χ0v) is 19.7. The second-order valence-corrected chi connectivity index (χ2v) is 10.3. The Morgan fingerprint density at radius 1 is 1.16 bits per heavy atom. The molecule has 172 valence electrons. The Bertz CT molecular complexity index is 996. The first-order chi connectivity index (χ1) is 14.3. The highest BCUT2D eigenvalue weighted by molar-refractivity contribution is 5.90. The number of carbonyl (C=O) groups is 1. The smallest absolute Gasteiger partial charge is 0.405 e. The van der Waals surface area contributed by atoms with Crippen molar-refractivity contribution < 1.29 is 19.7 Å². The second kappa shape index (κ2) is 9.20. The number of amides is 1. The van der Waals surface area contributed by atoms with Crippen LogP contribution in [0.1, 0.15) is 73.0 Å². The average Bonchev–Trinajstić information content (AvgIpc) is 2.61. The summed E-state index contributed by atoms with van der Waals surface area (Å²) in [7, 11) is 0. The molecule has 0 aliphatic heterocycles. The van der Waals surface area contributed by atoms with Gasteiger partial charge in [0.2, 0.25) is 0 Å². The SMILES string of the molecule is CCCCOc1c(C(NC(=O)O)C(C)(C)C)n(CC(C)(C)C)c(=O)c2ccc(O)cc12. The maximum absolute atomic E-state index is 13.6. The van der Waals surface area contributed by atoms with Crippen LogP contribution in [-0.4, -0.2) is 27.5 Å². The van der Waals surface area contributed by atoms with Gasteiger partial charge >= 0.3 is 6.09 Å². The summed E-state index contributed by atoms with van der Waals surface area (Å²) in [4.78, 5) is 25.3. The standard InChI is InChI=1S/C24H36N2O5/c1-8-9-12-31-19-17-13-15(27)10-11-16(17)21(28)26(14-23(2,3)4)18(19)20(24(5,6)7)25-22(29)30/h10-11,13,20,25,27H,8-9,12,14H2,1-7H3,(H,29,30).